The number of phenolic OH excluding ortho intramolecular Hbond substituents is 1. The molecule has 1 heterocycles. The maximum Gasteiger partial charge on any atom is 0.404 e. The monoisotopic (exact) mass is 549 g/mol. The van der Waals surface area contributed by atoms with E-state index < -0.39 is 29.4 Å². The van der Waals surface area contributed by atoms with Crippen LogP contribution in [0, 0.1) is 17.3 Å². The van der Waals surface area contributed by atoms with E-state index in [0.29, 0.717) is 12.7 Å². The van der Waals surface area contributed by atoms with Crippen LogP contribution < -0.4 is 10.6 Å². The van der Waals surface area contributed by atoms with Crippen LogP contribution in [0.15, 0.2) is 42.5 Å². The van der Waals surface area contributed by atoms with Crippen molar-refractivity contribution in [2.24, 2.45) is 17.3 Å². The summed E-state index contributed by atoms with van der Waals surface area (Å²) in [6, 6.07) is 12.2. The van der Waals surface area contributed by atoms with Crippen molar-refractivity contribution in [3.63, 3.8) is 0 Å². The summed E-state index contributed by atoms with van der Waals surface area (Å²) in [4.78, 5) is 52.6. The first-order valence-electron chi connectivity index (χ1n) is 13.9. The number of carbonyl (C=O) groups is 4. The van der Waals surface area contributed by atoms with Crippen LogP contribution in [0.25, 0.3) is 0 Å². The number of carboxylic acid groups (broad SMARTS) is 1. The Morgan fingerprint density at radius 2 is 1.85 bits per heavy atom. The summed E-state index contributed by atoms with van der Waals surface area (Å²) in [6.07, 6.45) is 2.62. The van der Waals surface area contributed by atoms with Gasteiger partial charge in [-0.05, 0) is 65.5 Å². The summed E-state index contributed by atoms with van der Waals surface area (Å²) in [5, 5.41) is 24.6. The first kappa shape index (κ1) is 29.1. The highest BCUT2D eigenvalue weighted by Crippen LogP contribution is 2.37. The van der Waals surface area contributed by atoms with Crippen LogP contribution in [0.3, 0.4) is 0 Å². The molecule has 2 aromatic carbocycles. The fourth-order valence-electron chi connectivity index (χ4n) is 5.94. The van der Waals surface area contributed by atoms with Crippen molar-refractivity contribution in [3.8, 4) is 5.75 Å². The molecular formula is C31H39N3O6. The van der Waals surface area contributed by atoms with E-state index in [1.807, 2.05) is 39.0 Å². The minimum atomic E-state index is -1.24. The van der Waals surface area contributed by atoms with E-state index in [4.69, 9.17) is 5.11 Å². The van der Waals surface area contributed by atoms with E-state index in [2.05, 4.69) is 16.7 Å². The average molecular weight is 550 g/mol. The first-order chi connectivity index (χ1) is 19.0. The normalized spacial score (nSPS) is 19.9. The molecule has 1 aliphatic carbocycles. The third-order valence-corrected chi connectivity index (χ3v) is 8.18. The number of hydrogen-bond acceptors (Lipinski definition) is 5. The minimum absolute atomic E-state index is 0.0843. The molecule has 0 saturated carbocycles. The number of amides is 3. The number of hydrogen-bond donors (Lipinski definition) is 4. The number of aromatic hydroxyl groups is 1. The molecule has 40 heavy (non-hydrogen) atoms. The number of carbonyl (C=O) groups excluding carboxylic acids is 3. The van der Waals surface area contributed by atoms with Crippen molar-refractivity contribution in [1.82, 2.24) is 15.5 Å². The zero-order valence-electron chi connectivity index (χ0n) is 23.4. The van der Waals surface area contributed by atoms with Crippen LogP contribution >= 0.6 is 0 Å². The lowest BCUT2D eigenvalue weighted by Crippen LogP contribution is -2.56. The largest absolute Gasteiger partial charge is 0.508 e. The van der Waals surface area contributed by atoms with Crippen LogP contribution in [0.5, 0.6) is 5.75 Å². The maximum atomic E-state index is 14.3. The second-order valence-electron chi connectivity index (χ2n) is 12.0. The van der Waals surface area contributed by atoms with Crippen molar-refractivity contribution in [1.29, 1.82) is 0 Å². The summed E-state index contributed by atoms with van der Waals surface area (Å²) < 4.78 is 0. The van der Waals surface area contributed by atoms with Crippen LogP contribution in [-0.2, 0) is 33.8 Å². The maximum absolute atomic E-state index is 14.3. The number of aryl methyl sites for hydroxylation is 1. The van der Waals surface area contributed by atoms with Gasteiger partial charge in [-0.15, -0.1) is 0 Å². The van der Waals surface area contributed by atoms with Gasteiger partial charge in [0.05, 0.1) is 6.04 Å². The standard InChI is InChI=1S/C31H39N3O6/c1-31(2,3)25(13-19(18-35)16-32-30(39)40)29(38)34-17-22-14-23(36)12-11-21(22)15-27(34)28(37)33-26-10-6-8-20-7-4-5-9-24(20)26/h4-5,7,9,11-12,14,18-19,25-27,32,36H,6,8,10,13,15-17H2,1-3H3,(H,33,37)(H,39,40)/t19-,25+,26+,27-/m0/s1. The average Bonchev–Trinajstić information content (AvgIpc) is 2.91. The zero-order chi connectivity index (χ0) is 29.0. The van der Waals surface area contributed by atoms with E-state index >= 15 is 0 Å². The van der Waals surface area contributed by atoms with Crippen molar-refractivity contribution >= 4 is 24.2 Å². The predicted octanol–water partition coefficient (Wildman–Crippen LogP) is 3.97. The van der Waals surface area contributed by atoms with Gasteiger partial charge in [0, 0.05) is 31.3 Å². The van der Waals surface area contributed by atoms with Crippen LogP contribution in [0.1, 0.15) is 68.3 Å². The lowest BCUT2D eigenvalue weighted by Gasteiger charge is -2.42. The summed E-state index contributed by atoms with van der Waals surface area (Å²) in [5.41, 5.74) is 3.43. The highest BCUT2D eigenvalue weighted by molar-refractivity contribution is 5.90. The number of nitrogens with zero attached hydrogens (tertiary/aromatic N) is 1. The number of rotatable bonds is 8. The Morgan fingerprint density at radius 1 is 1.10 bits per heavy atom. The molecule has 0 bridgehead atoms. The second-order valence-corrected chi connectivity index (χ2v) is 12.0. The van der Waals surface area contributed by atoms with E-state index in [0.717, 1.165) is 36.0 Å². The van der Waals surface area contributed by atoms with Gasteiger partial charge >= 0.3 is 6.09 Å². The van der Waals surface area contributed by atoms with Gasteiger partial charge in [-0.2, -0.15) is 0 Å². The molecule has 9 nitrogen and oxygen atoms in total. The SMILES string of the molecule is CC(C)(C)[C@H](C[C@H](C=O)CNC(=O)O)C(=O)N1Cc2cc(O)ccc2C[C@H]1C(=O)N[C@@H]1CCCc2ccccc21. The van der Waals surface area contributed by atoms with Crippen molar-refractivity contribution in [2.75, 3.05) is 6.54 Å². The Morgan fingerprint density at radius 3 is 2.55 bits per heavy atom. The van der Waals surface area contributed by atoms with Crippen molar-refractivity contribution in [3.05, 3.63) is 64.7 Å². The topological polar surface area (TPSA) is 136 Å². The number of benzene rings is 2. The Hall–Kier alpha value is -3.88. The fourth-order valence-corrected chi connectivity index (χ4v) is 5.94. The summed E-state index contributed by atoms with van der Waals surface area (Å²) >= 11 is 0. The Balaban J connectivity index is 1.64. The van der Waals surface area contributed by atoms with Gasteiger partial charge in [-0.3, -0.25) is 9.59 Å². The Bertz CT molecular complexity index is 1270. The van der Waals surface area contributed by atoms with Crippen LogP contribution in [0.4, 0.5) is 4.79 Å². The lowest BCUT2D eigenvalue weighted by atomic mass is 9.74. The van der Waals surface area contributed by atoms with Gasteiger partial charge in [0.25, 0.3) is 0 Å². The number of aldehydes is 1. The molecule has 0 saturated heterocycles. The molecule has 4 rings (SSSR count). The molecule has 0 spiro atoms. The smallest absolute Gasteiger partial charge is 0.404 e. The summed E-state index contributed by atoms with van der Waals surface area (Å²) in [6.45, 7) is 5.76. The molecule has 4 N–H and O–H groups in total. The van der Waals surface area contributed by atoms with Crippen LogP contribution in [-0.4, -0.2) is 51.9 Å². The highest BCUT2D eigenvalue weighted by atomic mass is 16.4. The van der Waals surface area contributed by atoms with Crippen molar-refractivity contribution < 1.29 is 29.4 Å². The molecule has 9 heteroatoms. The molecule has 0 aromatic heterocycles. The summed E-state index contributed by atoms with van der Waals surface area (Å²) in [7, 11) is 0. The van der Waals surface area contributed by atoms with E-state index in [9.17, 15) is 24.3 Å². The number of fused-ring (bicyclic) bond motifs is 2. The third-order valence-electron chi connectivity index (χ3n) is 8.18. The minimum Gasteiger partial charge on any atom is -0.508 e. The third kappa shape index (κ3) is 6.63. The highest BCUT2D eigenvalue weighted by Gasteiger charge is 2.42. The molecule has 0 fully saturated rings. The Labute approximate surface area is 235 Å². The lowest BCUT2D eigenvalue weighted by molar-refractivity contribution is -0.149. The zero-order valence-corrected chi connectivity index (χ0v) is 23.4. The van der Waals surface area contributed by atoms with Gasteiger partial charge < -0.3 is 30.5 Å². The van der Waals surface area contributed by atoms with Crippen molar-refractivity contribution in [2.45, 2.75) is 71.5 Å². The van der Waals surface area contributed by atoms with Gasteiger partial charge in [0.15, 0.2) is 0 Å². The second kappa shape index (κ2) is 12.1. The van der Waals surface area contributed by atoms with E-state index in [1.54, 1.807) is 23.1 Å². The molecule has 0 radical (unpaired) electrons. The number of phenols is 1. The van der Waals surface area contributed by atoms with E-state index in [1.165, 1.54) is 5.56 Å². The number of nitrogens with one attached hydrogen (secondary N) is 2. The molecule has 3 amide bonds. The fraction of sp³-hybridized carbons (Fsp3) is 0.484. The molecule has 4 atom stereocenters. The molecule has 2 aliphatic rings. The molecule has 2 aromatic rings. The first-order valence-corrected chi connectivity index (χ1v) is 13.9. The van der Waals surface area contributed by atoms with Gasteiger partial charge in [0.1, 0.15) is 18.1 Å². The molecule has 0 unspecified atom stereocenters. The van der Waals surface area contributed by atoms with Gasteiger partial charge in [-0.1, -0.05) is 51.1 Å². The molecular weight excluding hydrogens is 510 g/mol. The van der Waals surface area contributed by atoms with Gasteiger partial charge in [0.2, 0.25) is 11.8 Å². The quantitative estimate of drug-likeness (QED) is 0.368. The predicted molar refractivity (Wildman–Crippen MR) is 150 cm³/mol. The molecule has 214 valence electrons. The van der Waals surface area contributed by atoms with E-state index in [-0.39, 0.29) is 43.1 Å². The molecule has 1 aliphatic heterocycles. The summed E-state index contributed by atoms with van der Waals surface area (Å²) in [5.74, 6) is -1.77. The van der Waals surface area contributed by atoms with Gasteiger partial charge in [-0.25, -0.2) is 4.79 Å². The Kier molecular flexibility index (Phi) is 8.81. The van der Waals surface area contributed by atoms with Crippen LogP contribution in [0.2, 0.25) is 0 Å².